The van der Waals surface area contributed by atoms with Crippen molar-refractivity contribution in [3.05, 3.63) is 82.6 Å². The number of aromatic nitrogens is 1. The minimum absolute atomic E-state index is 0.0714. The predicted molar refractivity (Wildman–Crippen MR) is 122 cm³/mol. The topological polar surface area (TPSA) is 51.7 Å². The van der Waals surface area contributed by atoms with E-state index in [4.69, 9.17) is 32.7 Å². The first-order valence-corrected chi connectivity index (χ1v) is 10.9. The molecule has 1 aromatic heterocycles. The van der Waals surface area contributed by atoms with Crippen LogP contribution in [0.1, 0.15) is 12.0 Å². The maximum Gasteiger partial charge on any atom is 0.410 e. The van der Waals surface area contributed by atoms with Crippen LogP contribution in [0.2, 0.25) is 10.0 Å². The fourth-order valence-electron chi connectivity index (χ4n) is 3.56. The van der Waals surface area contributed by atoms with Gasteiger partial charge in [0.25, 0.3) is 0 Å². The van der Waals surface area contributed by atoms with Crippen LogP contribution < -0.4 is 4.74 Å². The summed E-state index contributed by atoms with van der Waals surface area (Å²) >= 11 is 12.1. The molecule has 0 bridgehead atoms. The smallest absolute Gasteiger partial charge is 0.410 e. The van der Waals surface area contributed by atoms with Crippen LogP contribution in [0.5, 0.6) is 5.75 Å². The van der Waals surface area contributed by atoms with Crippen molar-refractivity contribution in [3.63, 3.8) is 0 Å². The van der Waals surface area contributed by atoms with E-state index < -0.39 is 0 Å². The zero-order chi connectivity index (χ0) is 21.6. The van der Waals surface area contributed by atoms with E-state index in [2.05, 4.69) is 4.98 Å². The summed E-state index contributed by atoms with van der Waals surface area (Å²) in [4.78, 5) is 17.9. The Morgan fingerprint density at radius 1 is 1.00 bits per heavy atom. The molecule has 0 saturated carbocycles. The highest BCUT2D eigenvalue weighted by Gasteiger charge is 2.30. The molecule has 1 aliphatic rings. The van der Waals surface area contributed by atoms with Gasteiger partial charge in [0.15, 0.2) is 0 Å². The molecule has 0 spiro atoms. The molecule has 1 aliphatic heterocycles. The van der Waals surface area contributed by atoms with Crippen LogP contribution in [0.15, 0.2) is 67.0 Å². The van der Waals surface area contributed by atoms with Crippen LogP contribution in [0.4, 0.5) is 4.79 Å². The Balaban J connectivity index is 1.41. The SMILES string of the molecule is O=C1OCCN1C(CCc1ccncc1)COc1ccc(-c2ccc(Cl)c(Cl)c2)cc1. The minimum atomic E-state index is -0.279. The van der Waals surface area contributed by atoms with Crippen LogP contribution in [0.25, 0.3) is 11.1 Å². The largest absolute Gasteiger partial charge is 0.491 e. The Kier molecular flexibility index (Phi) is 6.95. The van der Waals surface area contributed by atoms with Crippen LogP contribution in [0, 0.1) is 0 Å². The van der Waals surface area contributed by atoms with E-state index in [9.17, 15) is 4.79 Å². The van der Waals surface area contributed by atoms with E-state index in [1.807, 2.05) is 48.5 Å². The zero-order valence-corrected chi connectivity index (χ0v) is 18.4. The molecular weight excluding hydrogens is 435 g/mol. The second kappa shape index (κ2) is 10.0. The summed E-state index contributed by atoms with van der Waals surface area (Å²) < 4.78 is 11.2. The number of aryl methyl sites for hydroxylation is 1. The molecule has 1 atom stereocenters. The minimum Gasteiger partial charge on any atom is -0.491 e. The molecule has 31 heavy (non-hydrogen) atoms. The third-order valence-corrected chi connectivity index (χ3v) is 6.04. The van der Waals surface area contributed by atoms with Crippen LogP contribution >= 0.6 is 23.2 Å². The molecule has 0 aliphatic carbocycles. The molecule has 160 valence electrons. The average molecular weight is 457 g/mol. The van der Waals surface area contributed by atoms with E-state index in [-0.39, 0.29) is 12.1 Å². The number of hydrogen-bond acceptors (Lipinski definition) is 4. The molecule has 0 N–H and O–H groups in total. The molecule has 2 aromatic carbocycles. The van der Waals surface area contributed by atoms with Gasteiger partial charge in [-0.15, -0.1) is 0 Å². The highest BCUT2D eigenvalue weighted by molar-refractivity contribution is 6.42. The van der Waals surface area contributed by atoms with Gasteiger partial charge in [0, 0.05) is 12.4 Å². The van der Waals surface area contributed by atoms with Crippen LogP contribution in [-0.4, -0.2) is 41.8 Å². The molecule has 5 nitrogen and oxygen atoms in total. The Morgan fingerprint density at radius 3 is 2.42 bits per heavy atom. The number of cyclic esters (lactones) is 1. The third kappa shape index (κ3) is 5.49. The van der Waals surface area contributed by atoms with Crippen LogP contribution in [0.3, 0.4) is 0 Å². The Bertz CT molecular complexity index is 1030. The molecule has 3 aromatic rings. The quantitative estimate of drug-likeness (QED) is 0.424. The van der Waals surface area contributed by atoms with Crippen molar-refractivity contribution in [2.75, 3.05) is 19.8 Å². The first-order chi connectivity index (χ1) is 15.1. The average Bonchev–Trinajstić information content (AvgIpc) is 3.22. The summed E-state index contributed by atoms with van der Waals surface area (Å²) in [6, 6.07) is 17.2. The van der Waals surface area contributed by atoms with Gasteiger partial charge in [0.1, 0.15) is 19.0 Å². The molecule has 1 fully saturated rings. The summed E-state index contributed by atoms with van der Waals surface area (Å²) in [7, 11) is 0. The zero-order valence-electron chi connectivity index (χ0n) is 16.8. The predicted octanol–water partition coefficient (Wildman–Crippen LogP) is 5.89. The van der Waals surface area contributed by atoms with E-state index in [1.54, 1.807) is 23.4 Å². The van der Waals surface area contributed by atoms with Gasteiger partial charge in [0.05, 0.1) is 22.6 Å². The van der Waals surface area contributed by atoms with Gasteiger partial charge < -0.3 is 9.47 Å². The van der Waals surface area contributed by atoms with E-state index >= 15 is 0 Å². The monoisotopic (exact) mass is 456 g/mol. The first kappa shape index (κ1) is 21.5. The lowest BCUT2D eigenvalue weighted by Crippen LogP contribution is -2.40. The van der Waals surface area contributed by atoms with Crippen molar-refractivity contribution in [1.82, 2.24) is 9.88 Å². The Hall–Kier alpha value is -2.76. The van der Waals surface area contributed by atoms with Crippen molar-refractivity contribution in [1.29, 1.82) is 0 Å². The number of hydrogen-bond donors (Lipinski definition) is 0. The first-order valence-electron chi connectivity index (χ1n) is 10.1. The van der Waals surface area contributed by atoms with Gasteiger partial charge in [-0.2, -0.15) is 0 Å². The number of nitrogens with zero attached hydrogens (tertiary/aromatic N) is 2. The fourth-order valence-corrected chi connectivity index (χ4v) is 3.86. The maximum atomic E-state index is 12.1. The Morgan fingerprint density at radius 2 is 1.74 bits per heavy atom. The summed E-state index contributed by atoms with van der Waals surface area (Å²) in [6.07, 6.45) is 4.89. The molecular formula is C24H22Cl2N2O3. The number of ether oxygens (including phenoxy) is 2. The van der Waals surface area contributed by atoms with Crippen molar-refractivity contribution in [2.24, 2.45) is 0 Å². The lowest BCUT2D eigenvalue weighted by Gasteiger charge is -2.26. The number of amides is 1. The maximum absolute atomic E-state index is 12.1. The second-order valence-electron chi connectivity index (χ2n) is 7.32. The van der Waals surface area contributed by atoms with Gasteiger partial charge in [-0.25, -0.2) is 4.79 Å². The normalized spacial score (nSPS) is 14.4. The standard InChI is InChI=1S/C24H22Cl2N2O3/c25-22-8-4-19(15-23(22)26)18-2-6-21(7-3-18)31-16-20(28-13-14-30-24(28)29)5-1-17-9-11-27-12-10-17/h2-4,6-12,15,20H,1,5,13-14,16H2. The van der Waals surface area contributed by atoms with Crippen molar-refractivity contribution in [2.45, 2.75) is 18.9 Å². The molecule has 1 unspecified atom stereocenters. The summed E-state index contributed by atoms with van der Waals surface area (Å²) in [5.41, 5.74) is 3.18. The summed E-state index contributed by atoms with van der Waals surface area (Å²) in [6.45, 7) is 1.40. The van der Waals surface area contributed by atoms with E-state index in [0.717, 1.165) is 29.7 Å². The highest BCUT2D eigenvalue weighted by atomic mass is 35.5. The fraction of sp³-hybridized carbons (Fsp3) is 0.250. The van der Waals surface area contributed by atoms with Gasteiger partial charge in [-0.05, 0) is 65.9 Å². The molecule has 7 heteroatoms. The van der Waals surface area contributed by atoms with E-state index in [1.165, 1.54) is 5.56 Å². The summed E-state index contributed by atoms with van der Waals surface area (Å²) in [5.74, 6) is 0.741. The summed E-state index contributed by atoms with van der Waals surface area (Å²) in [5, 5.41) is 1.05. The third-order valence-electron chi connectivity index (χ3n) is 5.30. The molecule has 1 amide bonds. The number of halogens is 2. The second-order valence-corrected chi connectivity index (χ2v) is 8.13. The number of rotatable bonds is 8. The molecule has 0 radical (unpaired) electrons. The van der Waals surface area contributed by atoms with Crippen molar-refractivity contribution >= 4 is 29.3 Å². The number of carbonyl (C=O) groups excluding carboxylic acids is 1. The Labute approximate surface area is 191 Å². The van der Waals surface area contributed by atoms with Gasteiger partial charge in [0.2, 0.25) is 0 Å². The highest BCUT2D eigenvalue weighted by Crippen LogP contribution is 2.29. The number of carbonyl (C=O) groups is 1. The van der Waals surface area contributed by atoms with Gasteiger partial charge >= 0.3 is 6.09 Å². The molecule has 4 rings (SSSR count). The molecule has 2 heterocycles. The lowest BCUT2D eigenvalue weighted by molar-refractivity contribution is 0.128. The van der Waals surface area contributed by atoms with Crippen molar-refractivity contribution < 1.29 is 14.3 Å². The van der Waals surface area contributed by atoms with Crippen molar-refractivity contribution in [3.8, 4) is 16.9 Å². The molecule has 1 saturated heterocycles. The number of benzene rings is 2. The van der Waals surface area contributed by atoms with E-state index in [0.29, 0.717) is 29.8 Å². The van der Waals surface area contributed by atoms with Gasteiger partial charge in [-0.1, -0.05) is 41.4 Å². The lowest BCUT2D eigenvalue weighted by atomic mass is 10.1. The number of pyridine rings is 1. The van der Waals surface area contributed by atoms with Gasteiger partial charge in [-0.3, -0.25) is 9.88 Å². The van der Waals surface area contributed by atoms with Crippen LogP contribution in [-0.2, 0) is 11.2 Å².